The molecule has 1 amide bonds. The Morgan fingerprint density at radius 3 is 2.47 bits per heavy atom. The quantitative estimate of drug-likeness (QED) is 0.857. The third-order valence-electron chi connectivity index (χ3n) is 2.70. The normalized spacial score (nSPS) is 11.4. The first kappa shape index (κ1) is 15.3. The fourth-order valence-corrected chi connectivity index (χ4v) is 1.69. The van der Waals surface area contributed by atoms with E-state index in [1.54, 1.807) is 11.9 Å². The van der Waals surface area contributed by atoms with Crippen LogP contribution in [0.15, 0.2) is 18.2 Å². The van der Waals surface area contributed by atoms with Crippen LogP contribution >= 0.6 is 0 Å². The van der Waals surface area contributed by atoms with Crippen molar-refractivity contribution in [2.75, 3.05) is 25.0 Å². The third kappa shape index (κ3) is 3.85. The highest BCUT2D eigenvalue weighted by Crippen LogP contribution is 2.32. The van der Waals surface area contributed by atoms with Crippen LogP contribution in [-0.2, 0) is 6.18 Å². The second kappa shape index (κ2) is 5.92. The van der Waals surface area contributed by atoms with Crippen LogP contribution < -0.4 is 16.4 Å². The van der Waals surface area contributed by atoms with Crippen LogP contribution in [0.3, 0.4) is 0 Å². The molecule has 0 aromatic heterocycles. The minimum absolute atomic E-state index is 0.144. The maximum absolute atomic E-state index is 12.6. The SMILES string of the molecule is CN(CCCN)c1ccc(C(F)(F)F)cc1C(N)=O. The summed E-state index contributed by atoms with van der Waals surface area (Å²) in [7, 11) is 1.67. The van der Waals surface area contributed by atoms with Gasteiger partial charge in [-0.1, -0.05) is 0 Å². The molecule has 0 aliphatic rings. The fraction of sp³-hybridized carbons (Fsp3) is 0.417. The first-order chi connectivity index (χ1) is 8.77. The molecule has 0 aliphatic heterocycles. The summed E-state index contributed by atoms with van der Waals surface area (Å²) in [6, 6.07) is 2.96. The molecule has 0 spiro atoms. The predicted octanol–water partition coefficient (Wildman–Crippen LogP) is 1.59. The maximum Gasteiger partial charge on any atom is 0.416 e. The molecule has 1 rings (SSSR count). The topological polar surface area (TPSA) is 72.3 Å². The number of nitrogens with two attached hydrogens (primary N) is 2. The Hall–Kier alpha value is -1.76. The molecule has 0 unspecified atom stereocenters. The Bertz CT molecular complexity index is 460. The number of hydrogen-bond acceptors (Lipinski definition) is 3. The van der Waals surface area contributed by atoms with Crippen molar-refractivity contribution in [3.63, 3.8) is 0 Å². The number of hydrogen-bond donors (Lipinski definition) is 2. The Labute approximate surface area is 109 Å². The summed E-state index contributed by atoms with van der Waals surface area (Å²) in [6.45, 7) is 0.985. The number of carbonyl (C=O) groups excluding carboxylic acids is 1. The first-order valence-electron chi connectivity index (χ1n) is 5.69. The molecular formula is C12H16F3N3O. The van der Waals surface area contributed by atoms with Crippen LogP contribution in [0.4, 0.5) is 18.9 Å². The highest BCUT2D eigenvalue weighted by molar-refractivity contribution is 5.98. The smallest absolute Gasteiger partial charge is 0.374 e. The second-order valence-electron chi connectivity index (χ2n) is 4.16. The van der Waals surface area contributed by atoms with Crippen molar-refractivity contribution in [1.82, 2.24) is 0 Å². The summed E-state index contributed by atoms with van der Waals surface area (Å²) < 4.78 is 37.8. The second-order valence-corrected chi connectivity index (χ2v) is 4.16. The molecule has 4 nitrogen and oxygen atoms in total. The van der Waals surface area contributed by atoms with Crippen LogP contribution in [0.5, 0.6) is 0 Å². The van der Waals surface area contributed by atoms with Gasteiger partial charge in [0.2, 0.25) is 0 Å². The Balaban J connectivity index is 3.15. The lowest BCUT2D eigenvalue weighted by atomic mass is 10.1. The van der Waals surface area contributed by atoms with E-state index in [-0.39, 0.29) is 5.56 Å². The summed E-state index contributed by atoms with van der Waals surface area (Å²) in [5.41, 5.74) is 9.84. The lowest BCUT2D eigenvalue weighted by molar-refractivity contribution is -0.137. The highest BCUT2D eigenvalue weighted by Gasteiger charge is 2.31. The van der Waals surface area contributed by atoms with Crippen molar-refractivity contribution < 1.29 is 18.0 Å². The summed E-state index contributed by atoms with van der Waals surface area (Å²) in [5, 5.41) is 0. The first-order valence-corrected chi connectivity index (χ1v) is 5.69. The van der Waals surface area contributed by atoms with Gasteiger partial charge in [-0.3, -0.25) is 4.79 Å². The largest absolute Gasteiger partial charge is 0.416 e. The monoisotopic (exact) mass is 275 g/mol. The Morgan fingerprint density at radius 1 is 1.37 bits per heavy atom. The molecule has 0 aliphatic carbocycles. The van der Waals surface area contributed by atoms with Gasteiger partial charge in [-0.15, -0.1) is 0 Å². The van der Waals surface area contributed by atoms with Crippen LogP contribution in [-0.4, -0.2) is 26.0 Å². The Morgan fingerprint density at radius 2 is 2.00 bits per heavy atom. The van der Waals surface area contributed by atoms with Crippen molar-refractivity contribution in [2.24, 2.45) is 11.5 Å². The minimum atomic E-state index is -4.50. The van der Waals surface area contributed by atoms with Crippen molar-refractivity contribution >= 4 is 11.6 Å². The zero-order valence-electron chi connectivity index (χ0n) is 10.5. The molecule has 4 N–H and O–H groups in total. The summed E-state index contributed by atoms with van der Waals surface area (Å²) in [4.78, 5) is 12.9. The van der Waals surface area contributed by atoms with E-state index in [4.69, 9.17) is 11.5 Å². The van der Waals surface area contributed by atoms with Gasteiger partial charge in [-0.05, 0) is 31.2 Å². The van der Waals surface area contributed by atoms with Crippen LogP contribution in [0.2, 0.25) is 0 Å². The van der Waals surface area contributed by atoms with Gasteiger partial charge in [0.1, 0.15) is 0 Å². The lowest BCUT2D eigenvalue weighted by Gasteiger charge is -2.22. The molecule has 0 saturated heterocycles. The van der Waals surface area contributed by atoms with Gasteiger partial charge in [0.15, 0.2) is 0 Å². The molecule has 106 valence electrons. The van der Waals surface area contributed by atoms with Gasteiger partial charge in [-0.25, -0.2) is 0 Å². The molecule has 0 saturated carbocycles. The molecule has 0 heterocycles. The molecule has 1 aromatic carbocycles. The van der Waals surface area contributed by atoms with Crippen LogP contribution in [0.25, 0.3) is 0 Å². The summed E-state index contributed by atoms with van der Waals surface area (Å²) >= 11 is 0. The van der Waals surface area contributed by atoms with Gasteiger partial charge in [0, 0.05) is 19.3 Å². The van der Waals surface area contributed by atoms with Crippen molar-refractivity contribution in [2.45, 2.75) is 12.6 Å². The predicted molar refractivity (Wildman–Crippen MR) is 66.9 cm³/mol. The van der Waals surface area contributed by atoms with Gasteiger partial charge in [0.05, 0.1) is 11.1 Å². The average molecular weight is 275 g/mol. The minimum Gasteiger partial charge on any atom is -0.374 e. The molecule has 7 heteroatoms. The van der Waals surface area contributed by atoms with Gasteiger partial charge in [0.25, 0.3) is 5.91 Å². The van der Waals surface area contributed by atoms with Crippen molar-refractivity contribution in [1.29, 1.82) is 0 Å². The van der Waals surface area contributed by atoms with E-state index in [1.807, 2.05) is 0 Å². The van der Waals surface area contributed by atoms with E-state index in [2.05, 4.69) is 0 Å². The molecule has 0 radical (unpaired) electrons. The number of nitrogens with zero attached hydrogens (tertiary/aromatic N) is 1. The van der Waals surface area contributed by atoms with Crippen molar-refractivity contribution in [3.05, 3.63) is 29.3 Å². The number of primary amides is 1. The molecule has 1 aromatic rings. The summed E-state index contributed by atoms with van der Waals surface area (Å²) in [5.74, 6) is -0.888. The molecule has 0 fully saturated rings. The van der Waals surface area contributed by atoms with E-state index < -0.39 is 17.6 Å². The summed E-state index contributed by atoms with van der Waals surface area (Å²) in [6.07, 6.45) is -3.84. The number of rotatable bonds is 5. The van der Waals surface area contributed by atoms with Crippen LogP contribution in [0, 0.1) is 0 Å². The van der Waals surface area contributed by atoms with Crippen LogP contribution in [0.1, 0.15) is 22.3 Å². The highest BCUT2D eigenvalue weighted by atomic mass is 19.4. The zero-order valence-corrected chi connectivity index (χ0v) is 10.5. The number of anilines is 1. The van der Waals surface area contributed by atoms with Crippen molar-refractivity contribution in [3.8, 4) is 0 Å². The maximum atomic E-state index is 12.6. The molecule has 0 bridgehead atoms. The van der Waals surface area contributed by atoms with E-state index in [1.165, 1.54) is 6.07 Å². The molecular weight excluding hydrogens is 259 g/mol. The van der Waals surface area contributed by atoms with E-state index in [0.717, 1.165) is 12.1 Å². The van der Waals surface area contributed by atoms with Gasteiger partial charge < -0.3 is 16.4 Å². The van der Waals surface area contributed by atoms with Gasteiger partial charge in [-0.2, -0.15) is 13.2 Å². The number of alkyl halides is 3. The third-order valence-corrected chi connectivity index (χ3v) is 2.70. The van der Waals surface area contributed by atoms with E-state index >= 15 is 0 Å². The Kier molecular flexibility index (Phi) is 4.77. The molecule has 19 heavy (non-hydrogen) atoms. The molecule has 0 atom stereocenters. The standard InChI is InChI=1S/C12H16F3N3O/c1-18(6-2-5-16)10-4-3-8(12(13,14)15)7-9(10)11(17)19/h3-4,7H,2,5-6,16H2,1H3,(H2,17,19). The average Bonchev–Trinajstić information content (AvgIpc) is 2.34. The number of amides is 1. The van der Waals surface area contributed by atoms with E-state index in [0.29, 0.717) is 25.2 Å². The van der Waals surface area contributed by atoms with E-state index in [9.17, 15) is 18.0 Å². The number of halogens is 3. The zero-order chi connectivity index (χ0) is 14.6. The van der Waals surface area contributed by atoms with Gasteiger partial charge >= 0.3 is 6.18 Å². The fourth-order valence-electron chi connectivity index (χ4n) is 1.69. The number of benzene rings is 1. The number of carbonyl (C=O) groups is 1. The lowest BCUT2D eigenvalue weighted by Crippen LogP contribution is -2.25.